The topological polar surface area (TPSA) is 369 Å². The summed E-state index contributed by atoms with van der Waals surface area (Å²) >= 11 is 8.39. The number of hydrogen-bond acceptors (Lipinski definition) is 13. The van der Waals surface area contributed by atoms with Gasteiger partial charge < -0.3 is 64.7 Å². The quantitative estimate of drug-likeness (QED) is 0.0126. The Morgan fingerprint density at radius 2 is 1.07 bits per heavy atom. The fraction of sp³-hybridized carbons (Fsp3) is 0.431. The number of aliphatic imine (C=N–C) groups is 1. The van der Waals surface area contributed by atoms with Gasteiger partial charge in [0, 0.05) is 56.1 Å². The standard InChI is InChI=1S/C51H70N14O9S2/c1-4-5-16-36(59-30(3)66)45(69)65-42(27-76)50(74)58-29(2)44(68)61-40(24-35-25-55-28-57-35)49(73)63-38(22-31-12-7-6-8-13-31)47(71)60-37(17-11-20-56-51(53)54)46(70)62-39(48(72)64-41(26-75)43(52)67)23-32-18-19-33-14-9-10-15-34(33)21-32/h6-10,12-15,18-19,21,25,28-29,36-42,75-76H,4-5,11,16-17,20,22-24,26-27H2,1-3H3,(H2,52,67)(H,55,57)(H,58,74)(H,59,66)(H,60,71)(H,61,68)(H,62,70)(H,63,73)(H,64,72)(H,65,69)(H4,53,54,56)/t29-,36+,37+,38-,39+,40+,41+,42+/m1/s1. The van der Waals surface area contributed by atoms with E-state index < -0.39 is 101 Å². The van der Waals surface area contributed by atoms with E-state index in [0.717, 1.165) is 17.2 Å². The maximum atomic E-state index is 14.6. The van der Waals surface area contributed by atoms with E-state index >= 15 is 0 Å². The summed E-state index contributed by atoms with van der Waals surface area (Å²) in [6.45, 7) is 4.63. The highest BCUT2D eigenvalue weighted by molar-refractivity contribution is 7.80. The van der Waals surface area contributed by atoms with Crippen LogP contribution in [0.2, 0.25) is 0 Å². The zero-order valence-electron chi connectivity index (χ0n) is 42.7. The molecule has 0 aliphatic rings. The van der Waals surface area contributed by atoms with Crippen LogP contribution in [0.3, 0.4) is 0 Å². The number of nitrogens with two attached hydrogens (primary N) is 3. The van der Waals surface area contributed by atoms with Crippen LogP contribution in [0.25, 0.3) is 10.8 Å². The molecule has 0 unspecified atom stereocenters. The summed E-state index contributed by atoms with van der Waals surface area (Å²) in [6.07, 6.45) is 4.34. The van der Waals surface area contributed by atoms with Crippen molar-refractivity contribution in [2.45, 2.75) is 120 Å². The van der Waals surface area contributed by atoms with Crippen molar-refractivity contribution in [3.8, 4) is 0 Å². The van der Waals surface area contributed by atoms with Crippen molar-refractivity contribution in [1.29, 1.82) is 0 Å². The number of benzene rings is 3. The summed E-state index contributed by atoms with van der Waals surface area (Å²) < 4.78 is 0. The van der Waals surface area contributed by atoms with Crippen LogP contribution >= 0.6 is 25.3 Å². The van der Waals surface area contributed by atoms with E-state index in [-0.39, 0.29) is 56.1 Å². The van der Waals surface area contributed by atoms with E-state index in [4.69, 9.17) is 17.2 Å². The van der Waals surface area contributed by atoms with Gasteiger partial charge in [-0.3, -0.25) is 48.1 Å². The van der Waals surface area contributed by atoms with Crippen molar-refractivity contribution in [3.05, 3.63) is 102 Å². The number of carbonyl (C=O) groups is 9. The molecule has 0 radical (unpaired) electrons. The Bertz CT molecular complexity index is 2640. The van der Waals surface area contributed by atoms with E-state index in [9.17, 15) is 43.2 Å². The van der Waals surface area contributed by atoms with Crippen LogP contribution in [0.15, 0.2) is 90.3 Å². The lowest BCUT2D eigenvalue weighted by Gasteiger charge is -2.27. The molecule has 1 aromatic heterocycles. The molecule has 9 amide bonds. The first-order chi connectivity index (χ1) is 36.3. The number of carbonyl (C=O) groups excluding carboxylic acids is 9. The number of fused-ring (bicyclic) bond motifs is 1. The first-order valence-corrected chi connectivity index (χ1v) is 26.0. The predicted molar refractivity (Wildman–Crippen MR) is 293 cm³/mol. The lowest BCUT2D eigenvalue weighted by atomic mass is 10.00. The molecular formula is C51H70N14O9S2. The number of unbranched alkanes of at least 4 members (excludes halogenated alkanes) is 1. The molecule has 8 atom stereocenters. The van der Waals surface area contributed by atoms with E-state index in [1.54, 1.807) is 36.4 Å². The molecule has 15 N–H and O–H groups in total. The highest BCUT2D eigenvalue weighted by Crippen LogP contribution is 2.18. The zero-order chi connectivity index (χ0) is 55.7. The minimum absolute atomic E-state index is 0.0423. The third kappa shape index (κ3) is 20.2. The summed E-state index contributed by atoms with van der Waals surface area (Å²) in [7, 11) is 0. The van der Waals surface area contributed by atoms with Gasteiger partial charge in [-0.15, -0.1) is 0 Å². The lowest BCUT2D eigenvalue weighted by molar-refractivity contribution is -0.135. The number of amides is 9. The Morgan fingerprint density at radius 1 is 0.566 bits per heavy atom. The second-order valence-electron chi connectivity index (χ2n) is 18.1. The van der Waals surface area contributed by atoms with Crippen LogP contribution in [0, 0.1) is 0 Å². The molecule has 3 aromatic carbocycles. The molecule has 0 bridgehead atoms. The third-order valence-electron chi connectivity index (χ3n) is 11.9. The molecule has 0 spiro atoms. The van der Waals surface area contributed by atoms with Crippen molar-refractivity contribution in [3.63, 3.8) is 0 Å². The highest BCUT2D eigenvalue weighted by atomic mass is 32.1. The van der Waals surface area contributed by atoms with E-state index in [1.165, 1.54) is 26.4 Å². The Kier molecular flexibility index (Phi) is 25.0. The van der Waals surface area contributed by atoms with E-state index in [2.05, 4.69) is 82.8 Å². The maximum Gasteiger partial charge on any atom is 0.244 e. The molecule has 4 aromatic rings. The van der Waals surface area contributed by atoms with Gasteiger partial charge in [0.15, 0.2) is 5.96 Å². The third-order valence-corrected chi connectivity index (χ3v) is 12.7. The Hall–Kier alpha value is -7.67. The van der Waals surface area contributed by atoms with Crippen LogP contribution in [0.4, 0.5) is 0 Å². The van der Waals surface area contributed by atoms with Crippen molar-refractivity contribution in [2.75, 3.05) is 18.1 Å². The fourth-order valence-electron chi connectivity index (χ4n) is 7.83. The average molecular weight is 1090 g/mol. The Morgan fingerprint density at radius 3 is 1.63 bits per heavy atom. The molecule has 4 rings (SSSR count). The zero-order valence-corrected chi connectivity index (χ0v) is 44.5. The molecule has 0 saturated heterocycles. The van der Waals surface area contributed by atoms with E-state index in [1.807, 2.05) is 43.3 Å². The van der Waals surface area contributed by atoms with Crippen molar-refractivity contribution in [2.24, 2.45) is 22.2 Å². The number of aromatic nitrogens is 2. The van der Waals surface area contributed by atoms with Gasteiger partial charge in [0.05, 0.1) is 6.33 Å². The maximum absolute atomic E-state index is 14.6. The largest absolute Gasteiger partial charge is 0.370 e. The minimum Gasteiger partial charge on any atom is -0.370 e. The second-order valence-corrected chi connectivity index (χ2v) is 18.8. The van der Waals surface area contributed by atoms with Crippen molar-refractivity contribution in [1.82, 2.24) is 52.5 Å². The van der Waals surface area contributed by atoms with Crippen molar-refractivity contribution >= 4 is 95.2 Å². The van der Waals surface area contributed by atoms with E-state index in [0.29, 0.717) is 29.7 Å². The first kappa shape index (κ1) is 60.9. The van der Waals surface area contributed by atoms with Crippen LogP contribution in [-0.2, 0) is 62.4 Å². The van der Waals surface area contributed by atoms with Crippen LogP contribution in [0.5, 0.6) is 0 Å². The van der Waals surface area contributed by atoms with Gasteiger partial charge in [-0.2, -0.15) is 25.3 Å². The summed E-state index contributed by atoms with van der Waals surface area (Å²) in [5.41, 5.74) is 18.4. The summed E-state index contributed by atoms with van der Waals surface area (Å²) in [5, 5.41) is 23.0. The number of guanidine groups is 1. The van der Waals surface area contributed by atoms with Gasteiger partial charge in [-0.1, -0.05) is 92.6 Å². The predicted octanol–water partition coefficient (Wildman–Crippen LogP) is -0.902. The summed E-state index contributed by atoms with van der Waals surface area (Å²) in [6, 6.07) is 11.8. The van der Waals surface area contributed by atoms with Gasteiger partial charge in [0.2, 0.25) is 53.2 Å². The van der Waals surface area contributed by atoms with Crippen LogP contribution in [-0.4, -0.2) is 135 Å². The Balaban J connectivity index is 1.61. The van der Waals surface area contributed by atoms with Gasteiger partial charge in [-0.25, -0.2) is 4.98 Å². The fourth-order valence-corrected chi connectivity index (χ4v) is 8.36. The van der Waals surface area contributed by atoms with Crippen LogP contribution in [0.1, 0.15) is 69.7 Å². The molecule has 1 heterocycles. The number of nitrogens with zero attached hydrogens (tertiary/aromatic N) is 2. The summed E-state index contributed by atoms with van der Waals surface area (Å²) in [5.74, 6) is -7.13. The molecular weight excluding hydrogens is 1020 g/mol. The normalized spacial score (nSPS) is 14.1. The monoisotopic (exact) mass is 1090 g/mol. The average Bonchev–Trinajstić information content (AvgIpc) is 3.91. The highest BCUT2D eigenvalue weighted by Gasteiger charge is 2.34. The van der Waals surface area contributed by atoms with Gasteiger partial charge >= 0.3 is 0 Å². The molecule has 23 nitrogen and oxygen atoms in total. The molecule has 25 heteroatoms. The SMILES string of the molecule is CCCC[C@H](NC(C)=O)C(=O)N[C@@H](CS)C(=O)N[C@H](C)C(=O)N[C@@H](Cc1cnc[nH]1)C(=O)N[C@H](Cc1ccccc1)C(=O)N[C@@H](CCCN=C(N)N)C(=O)N[C@@H](Cc1ccc2ccccc2c1)C(=O)N[C@@H](CS)C(N)=O. The number of hydrogen-bond donors (Lipinski definition) is 14. The number of primary amides is 1. The summed E-state index contributed by atoms with van der Waals surface area (Å²) in [4.78, 5) is 133. The van der Waals surface area contributed by atoms with Gasteiger partial charge in [0.25, 0.3) is 0 Å². The number of thiol groups is 2. The number of nitrogens with one attached hydrogen (secondary N) is 9. The van der Waals surface area contributed by atoms with Crippen LogP contribution < -0.4 is 59.7 Å². The molecule has 0 aliphatic carbocycles. The number of rotatable bonds is 31. The molecule has 76 heavy (non-hydrogen) atoms. The number of H-pyrrole nitrogens is 1. The van der Waals surface area contributed by atoms with Gasteiger partial charge in [-0.05, 0) is 48.1 Å². The second kappa shape index (κ2) is 31.3. The molecule has 0 saturated carbocycles. The number of aromatic amines is 1. The first-order valence-electron chi connectivity index (χ1n) is 24.8. The minimum atomic E-state index is -1.39. The molecule has 0 aliphatic heterocycles. The smallest absolute Gasteiger partial charge is 0.244 e. The molecule has 0 fully saturated rings. The Labute approximate surface area is 451 Å². The lowest BCUT2D eigenvalue weighted by Crippen LogP contribution is -2.61. The van der Waals surface area contributed by atoms with Crippen molar-refractivity contribution < 1.29 is 43.2 Å². The number of imidazole rings is 1. The van der Waals surface area contributed by atoms with Gasteiger partial charge in [0.1, 0.15) is 48.3 Å². The molecule has 410 valence electrons.